The molecule has 0 rings (SSSR count). The predicted octanol–water partition coefficient (Wildman–Crippen LogP) is 2.60. The lowest BCUT2D eigenvalue weighted by molar-refractivity contribution is 0.0230. The topological polar surface area (TPSA) is 9.23 Å². The summed E-state index contributed by atoms with van der Waals surface area (Å²) in [5.41, 5.74) is -0.336. The summed E-state index contributed by atoms with van der Waals surface area (Å²) in [5, 5.41) is 0. The van der Waals surface area contributed by atoms with Gasteiger partial charge in [-0.25, -0.2) is 0 Å². The highest BCUT2D eigenvalue weighted by Crippen LogP contribution is 2.13. The van der Waals surface area contributed by atoms with Gasteiger partial charge in [0.2, 0.25) is 0 Å². The van der Waals surface area contributed by atoms with Crippen molar-refractivity contribution in [2.24, 2.45) is 0 Å². The zero-order valence-corrected chi connectivity index (χ0v) is 7.45. The molecule has 0 saturated carbocycles. The molecule has 0 heterocycles. The van der Waals surface area contributed by atoms with E-state index in [9.17, 15) is 0 Å². The lowest BCUT2D eigenvalue weighted by Gasteiger charge is -2.22. The highest BCUT2D eigenvalue weighted by molar-refractivity contribution is 6.18. The average molecular weight is 163 g/mol. The molecular weight excluding hydrogens is 148 g/mol. The molecular formula is C8H15ClO. The molecule has 0 bridgehead atoms. The molecule has 0 aliphatic heterocycles. The third kappa shape index (κ3) is 3.23. The van der Waals surface area contributed by atoms with Crippen LogP contribution in [0, 0.1) is 0 Å². The lowest BCUT2D eigenvalue weighted by Crippen LogP contribution is -2.28. The molecule has 1 unspecified atom stereocenters. The van der Waals surface area contributed by atoms with Gasteiger partial charge in [-0.05, 0) is 13.3 Å². The molecule has 1 nitrogen and oxygen atoms in total. The molecule has 60 valence electrons. The smallest absolute Gasteiger partial charge is 0.0966 e. The lowest BCUT2D eigenvalue weighted by atomic mass is 10.1. The zero-order chi connectivity index (χ0) is 8.04. The Morgan fingerprint density at radius 2 is 2.30 bits per heavy atom. The van der Waals surface area contributed by atoms with E-state index in [1.54, 1.807) is 6.08 Å². The van der Waals surface area contributed by atoms with E-state index >= 15 is 0 Å². The summed E-state index contributed by atoms with van der Waals surface area (Å²) < 4.78 is 5.43. The van der Waals surface area contributed by atoms with Gasteiger partial charge in [0.25, 0.3) is 0 Å². The quantitative estimate of drug-likeness (QED) is 0.446. The van der Waals surface area contributed by atoms with Gasteiger partial charge in [0.05, 0.1) is 11.5 Å². The second-order valence-electron chi connectivity index (χ2n) is 2.50. The van der Waals surface area contributed by atoms with Crippen LogP contribution in [0.2, 0.25) is 0 Å². The molecule has 0 aromatic rings. The highest BCUT2D eigenvalue weighted by Gasteiger charge is 2.17. The van der Waals surface area contributed by atoms with E-state index in [1.165, 1.54) is 0 Å². The van der Waals surface area contributed by atoms with E-state index in [4.69, 9.17) is 16.3 Å². The van der Waals surface area contributed by atoms with Gasteiger partial charge in [0, 0.05) is 6.61 Å². The highest BCUT2D eigenvalue weighted by atomic mass is 35.5. The molecule has 0 fully saturated rings. The van der Waals surface area contributed by atoms with Gasteiger partial charge in [-0.2, -0.15) is 0 Å². The normalized spacial score (nSPS) is 16.3. The number of ether oxygens (including phenoxy) is 1. The maximum atomic E-state index is 5.65. The van der Waals surface area contributed by atoms with Crippen LogP contribution in [0.15, 0.2) is 12.7 Å². The Morgan fingerprint density at radius 1 is 1.70 bits per heavy atom. The van der Waals surface area contributed by atoms with Crippen molar-refractivity contribution < 1.29 is 4.74 Å². The fourth-order valence-corrected chi connectivity index (χ4v) is 0.674. The number of hydrogen-bond donors (Lipinski definition) is 0. The van der Waals surface area contributed by atoms with Crippen molar-refractivity contribution in [2.45, 2.75) is 25.9 Å². The maximum absolute atomic E-state index is 5.65. The summed E-state index contributed by atoms with van der Waals surface area (Å²) in [5.74, 6) is 0.469. The van der Waals surface area contributed by atoms with Crippen molar-refractivity contribution in [1.82, 2.24) is 0 Å². The van der Waals surface area contributed by atoms with Crippen LogP contribution in [0.4, 0.5) is 0 Å². The minimum absolute atomic E-state index is 0.336. The average Bonchev–Trinajstić information content (AvgIpc) is 2.00. The Labute approximate surface area is 68.0 Å². The van der Waals surface area contributed by atoms with Crippen LogP contribution in [-0.2, 0) is 4.74 Å². The third-order valence-electron chi connectivity index (χ3n) is 1.33. The van der Waals surface area contributed by atoms with Gasteiger partial charge >= 0.3 is 0 Å². The Morgan fingerprint density at radius 3 is 2.60 bits per heavy atom. The SMILES string of the molecule is C=CC(C)(CCl)OCCC. The van der Waals surface area contributed by atoms with Crippen molar-refractivity contribution in [3.8, 4) is 0 Å². The summed E-state index contributed by atoms with van der Waals surface area (Å²) in [6.45, 7) is 8.39. The first kappa shape index (κ1) is 9.99. The Kier molecular flexibility index (Phi) is 4.75. The van der Waals surface area contributed by atoms with Crippen LogP contribution in [0.1, 0.15) is 20.3 Å². The number of hydrogen-bond acceptors (Lipinski definition) is 1. The number of halogens is 1. The van der Waals surface area contributed by atoms with Crippen LogP contribution in [0.3, 0.4) is 0 Å². The summed E-state index contributed by atoms with van der Waals surface area (Å²) in [6, 6.07) is 0. The van der Waals surface area contributed by atoms with Gasteiger partial charge in [-0.15, -0.1) is 18.2 Å². The fraction of sp³-hybridized carbons (Fsp3) is 0.750. The molecule has 0 radical (unpaired) electrons. The molecule has 0 aliphatic rings. The van der Waals surface area contributed by atoms with E-state index in [-0.39, 0.29) is 5.60 Å². The molecule has 0 spiro atoms. The minimum Gasteiger partial charge on any atom is -0.370 e. The number of alkyl halides is 1. The van der Waals surface area contributed by atoms with E-state index in [2.05, 4.69) is 13.5 Å². The molecule has 0 saturated heterocycles. The van der Waals surface area contributed by atoms with E-state index in [0.29, 0.717) is 5.88 Å². The van der Waals surface area contributed by atoms with Gasteiger partial charge in [-0.1, -0.05) is 13.0 Å². The van der Waals surface area contributed by atoms with Crippen LogP contribution < -0.4 is 0 Å². The molecule has 0 aromatic heterocycles. The summed E-state index contributed by atoms with van der Waals surface area (Å²) in [7, 11) is 0. The van der Waals surface area contributed by atoms with Crippen molar-refractivity contribution in [2.75, 3.05) is 12.5 Å². The molecule has 0 aliphatic carbocycles. The first-order chi connectivity index (χ1) is 4.68. The van der Waals surface area contributed by atoms with Crippen LogP contribution in [0.25, 0.3) is 0 Å². The Balaban J connectivity index is 3.68. The van der Waals surface area contributed by atoms with E-state index in [0.717, 1.165) is 13.0 Å². The molecule has 2 heteroatoms. The van der Waals surface area contributed by atoms with E-state index < -0.39 is 0 Å². The minimum atomic E-state index is -0.336. The van der Waals surface area contributed by atoms with Crippen LogP contribution in [0.5, 0.6) is 0 Å². The van der Waals surface area contributed by atoms with Crippen LogP contribution >= 0.6 is 11.6 Å². The monoisotopic (exact) mass is 162 g/mol. The second-order valence-corrected chi connectivity index (χ2v) is 2.77. The predicted molar refractivity (Wildman–Crippen MR) is 45.6 cm³/mol. The first-order valence-electron chi connectivity index (χ1n) is 3.52. The van der Waals surface area contributed by atoms with Crippen molar-refractivity contribution >= 4 is 11.6 Å². The largest absolute Gasteiger partial charge is 0.370 e. The second kappa shape index (κ2) is 4.75. The first-order valence-corrected chi connectivity index (χ1v) is 4.05. The third-order valence-corrected chi connectivity index (χ3v) is 1.86. The Bertz CT molecular complexity index is 103. The molecule has 0 N–H and O–H groups in total. The van der Waals surface area contributed by atoms with Gasteiger partial charge in [-0.3, -0.25) is 0 Å². The summed E-state index contributed by atoms with van der Waals surface area (Å²) in [6.07, 6.45) is 2.76. The fourth-order valence-electron chi connectivity index (χ4n) is 0.487. The molecule has 0 amide bonds. The number of rotatable bonds is 5. The van der Waals surface area contributed by atoms with E-state index in [1.807, 2.05) is 6.92 Å². The van der Waals surface area contributed by atoms with Gasteiger partial charge < -0.3 is 4.74 Å². The molecule has 10 heavy (non-hydrogen) atoms. The van der Waals surface area contributed by atoms with Crippen molar-refractivity contribution in [3.63, 3.8) is 0 Å². The molecule has 1 atom stereocenters. The van der Waals surface area contributed by atoms with Crippen LogP contribution in [-0.4, -0.2) is 18.1 Å². The summed E-state index contributed by atoms with van der Waals surface area (Å²) in [4.78, 5) is 0. The summed E-state index contributed by atoms with van der Waals surface area (Å²) >= 11 is 5.65. The van der Waals surface area contributed by atoms with Gasteiger partial charge in [0.15, 0.2) is 0 Å². The van der Waals surface area contributed by atoms with Gasteiger partial charge in [0.1, 0.15) is 0 Å². The zero-order valence-electron chi connectivity index (χ0n) is 6.69. The van der Waals surface area contributed by atoms with Crippen molar-refractivity contribution in [1.29, 1.82) is 0 Å². The maximum Gasteiger partial charge on any atom is 0.0966 e. The Hall–Kier alpha value is -0.0100. The van der Waals surface area contributed by atoms with Crippen molar-refractivity contribution in [3.05, 3.63) is 12.7 Å². The standard InChI is InChI=1S/C8H15ClO/c1-4-6-10-8(3,5-2)7-9/h5H,2,4,6-7H2,1,3H3. The molecule has 0 aromatic carbocycles.